The number of fused-ring (bicyclic) bond motifs is 1. The van der Waals surface area contributed by atoms with Gasteiger partial charge < -0.3 is 9.90 Å². The molecule has 1 atom stereocenters. The largest absolute Gasteiger partial charge is 0.481 e. The fourth-order valence-corrected chi connectivity index (χ4v) is 2.02. The summed E-state index contributed by atoms with van der Waals surface area (Å²) >= 11 is 0. The molecule has 1 aliphatic rings. The van der Waals surface area contributed by atoms with Gasteiger partial charge in [-0.2, -0.15) is 0 Å². The minimum absolute atomic E-state index is 0.206. The standard InChI is InChI=1S/C13H11NO5/c15-7-8(5-11(16)17)6-14-12(18)9-3-1-2-4-10(9)13(14)19/h1-4,7-8H,5-6H2,(H,16,17). The van der Waals surface area contributed by atoms with Gasteiger partial charge in [-0.1, -0.05) is 12.1 Å². The molecule has 0 bridgehead atoms. The first-order chi connectivity index (χ1) is 9.04. The molecule has 6 heteroatoms. The number of carbonyl (C=O) groups is 4. The number of benzene rings is 1. The predicted octanol–water partition coefficient (Wildman–Crippen LogP) is 0.572. The predicted molar refractivity (Wildman–Crippen MR) is 63.6 cm³/mol. The van der Waals surface area contributed by atoms with E-state index < -0.39 is 30.1 Å². The van der Waals surface area contributed by atoms with Crippen molar-refractivity contribution in [3.63, 3.8) is 0 Å². The lowest BCUT2D eigenvalue weighted by Crippen LogP contribution is -2.35. The summed E-state index contributed by atoms with van der Waals surface area (Å²) in [6, 6.07) is 6.34. The van der Waals surface area contributed by atoms with Crippen molar-refractivity contribution in [2.45, 2.75) is 6.42 Å². The molecule has 0 aliphatic carbocycles. The van der Waals surface area contributed by atoms with Gasteiger partial charge in [0.2, 0.25) is 0 Å². The van der Waals surface area contributed by atoms with E-state index in [4.69, 9.17) is 5.11 Å². The minimum Gasteiger partial charge on any atom is -0.481 e. The van der Waals surface area contributed by atoms with Crippen molar-refractivity contribution in [2.24, 2.45) is 5.92 Å². The topological polar surface area (TPSA) is 91.8 Å². The normalized spacial score (nSPS) is 15.3. The van der Waals surface area contributed by atoms with Crippen LogP contribution in [0, 0.1) is 5.92 Å². The van der Waals surface area contributed by atoms with Crippen LogP contribution in [-0.4, -0.2) is 40.6 Å². The van der Waals surface area contributed by atoms with Crippen LogP contribution in [0.1, 0.15) is 27.1 Å². The molecule has 0 spiro atoms. The summed E-state index contributed by atoms with van der Waals surface area (Å²) in [5.74, 6) is -3.01. The van der Waals surface area contributed by atoms with Gasteiger partial charge in [0.15, 0.2) is 0 Å². The molecule has 0 fully saturated rings. The number of amides is 2. The Morgan fingerprint density at radius 2 is 1.74 bits per heavy atom. The molecule has 1 N–H and O–H groups in total. The van der Waals surface area contributed by atoms with Gasteiger partial charge >= 0.3 is 5.97 Å². The summed E-state index contributed by atoms with van der Waals surface area (Å²) in [5, 5.41) is 8.65. The molecular weight excluding hydrogens is 250 g/mol. The molecule has 0 saturated carbocycles. The first-order valence-corrected chi connectivity index (χ1v) is 5.67. The highest BCUT2D eigenvalue weighted by molar-refractivity contribution is 6.21. The number of carbonyl (C=O) groups excluding carboxylic acids is 3. The Hall–Kier alpha value is -2.50. The maximum absolute atomic E-state index is 12.0. The summed E-state index contributed by atoms with van der Waals surface area (Å²) in [5.41, 5.74) is 0.569. The van der Waals surface area contributed by atoms with E-state index in [0.717, 1.165) is 4.90 Å². The Bertz CT molecular complexity index is 531. The Morgan fingerprint density at radius 3 is 2.16 bits per heavy atom. The number of nitrogens with zero attached hydrogens (tertiary/aromatic N) is 1. The molecular formula is C13H11NO5. The molecule has 19 heavy (non-hydrogen) atoms. The van der Waals surface area contributed by atoms with E-state index in [2.05, 4.69) is 0 Å². The summed E-state index contributed by atoms with van der Waals surface area (Å²) in [6.45, 7) is -0.206. The number of aldehydes is 1. The Labute approximate surface area is 108 Å². The second-order valence-corrected chi connectivity index (χ2v) is 4.26. The molecule has 1 aromatic rings. The Kier molecular flexibility index (Phi) is 3.41. The number of hydrogen-bond donors (Lipinski definition) is 1. The van der Waals surface area contributed by atoms with Crippen molar-refractivity contribution >= 4 is 24.1 Å². The van der Waals surface area contributed by atoms with Crippen LogP contribution in [0.5, 0.6) is 0 Å². The number of rotatable bonds is 5. The zero-order chi connectivity index (χ0) is 14.0. The number of aliphatic carboxylic acids is 1. The molecule has 6 nitrogen and oxygen atoms in total. The van der Waals surface area contributed by atoms with Crippen molar-refractivity contribution in [3.8, 4) is 0 Å². The van der Waals surface area contributed by atoms with Crippen molar-refractivity contribution in [1.82, 2.24) is 4.90 Å². The van der Waals surface area contributed by atoms with Crippen LogP contribution in [0.15, 0.2) is 24.3 Å². The van der Waals surface area contributed by atoms with E-state index in [1.807, 2.05) is 0 Å². The lowest BCUT2D eigenvalue weighted by molar-refractivity contribution is -0.139. The average molecular weight is 261 g/mol. The van der Waals surface area contributed by atoms with Crippen LogP contribution in [0.25, 0.3) is 0 Å². The maximum atomic E-state index is 12.0. The molecule has 0 radical (unpaired) electrons. The summed E-state index contributed by atoms with van der Waals surface area (Å²) in [4.78, 5) is 46.3. The third kappa shape index (κ3) is 2.37. The highest BCUT2D eigenvalue weighted by atomic mass is 16.4. The fourth-order valence-electron chi connectivity index (χ4n) is 2.02. The zero-order valence-electron chi connectivity index (χ0n) is 9.91. The van der Waals surface area contributed by atoms with Crippen molar-refractivity contribution < 1.29 is 24.3 Å². The first kappa shape index (κ1) is 12.9. The third-order valence-corrected chi connectivity index (χ3v) is 2.92. The molecule has 2 amide bonds. The lowest BCUT2D eigenvalue weighted by atomic mass is 10.1. The molecule has 2 rings (SSSR count). The smallest absolute Gasteiger partial charge is 0.304 e. The third-order valence-electron chi connectivity index (χ3n) is 2.92. The molecule has 0 saturated heterocycles. The molecule has 1 unspecified atom stereocenters. The number of carboxylic acid groups (broad SMARTS) is 1. The minimum atomic E-state index is -1.14. The second kappa shape index (κ2) is 5.01. The highest BCUT2D eigenvalue weighted by Crippen LogP contribution is 2.23. The van der Waals surface area contributed by atoms with Crippen LogP contribution < -0.4 is 0 Å². The monoisotopic (exact) mass is 261 g/mol. The van der Waals surface area contributed by atoms with Crippen molar-refractivity contribution in [2.75, 3.05) is 6.54 Å². The average Bonchev–Trinajstić information content (AvgIpc) is 2.63. The summed E-state index contributed by atoms with van der Waals surface area (Å²) in [6.07, 6.45) is 0.0502. The fraction of sp³-hybridized carbons (Fsp3) is 0.231. The van der Waals surface area contributed by atoms with Crippen molar-refractivity contribution in [3.05, 3.63) is 35.4 Å². The zero-order valence-corrected chi connectivity index (χ0v) is 9.91. The molecule has 0 aromatic heterocycles. The van der Waals surface area contributed by atoms with E-state index in [1.165, 1.54) is 12.1 Å². The first-order valence-electron chi connectivity index (χ1n) is 5.67. The number of hydrogen-bond acceptors (Lipinski definition) is 4. The van der Waals surface area contributed by atoms with Gasteiger partial charge in [-0.25, -0.2) is 0 Å². The van der Waals surface area contributed by atoms with Gasteiger partial charge in [0.1, 0.15) is 6.29 Å². The van der Waals surface area contributed by atoms with Crippen LogP contribution in [-0.2, 0) is 9.59 Å². The molecule has 1 aliphatic heterocycles. The van der Waals surface area contributed by atoms with E-state index in [-0.39, 0.29) is 17.7 Å². The second-order valence-electron chi connectivity index (χ2n) is 4.26. The van der Waals surface area contributed by atoms with Gasteiger partial charge in [-0.3, -0.25) is 19.3 Å². The highest BCUT2D eigenvalue weighted by Gasteiger charge is 2.36. The quantitative estimate of drug-likeness (QED) is 0.618. The van der Waals surface area contributed by atoms with Gasteiger partial charge in [0.05, 0.1) is 17.5 Å². The van der Waals surface area contributed by atoms with E-state index in [0.29, 0.717) is 6.29 Å². The SMILES string of the molecule is O=CC(CC(=O)O)CN1C(=O)c2ccccc2C1=O. The Morgan fingerprint density at radius 1 is 1.21 bits per heavy atom. The molecule has 1 aromatic carbocycles. The maximum Gasteiger partial charge on any atom is 0.304 e. The van der Waals surface area contributed by atoms with Crippen LogP contribution in [0.4, 0.5) is 0 Å². The molecule has 98 valence electrons. The van der Waals surface area contributed by atoms with Gasteiger partial charge in [0, 0.05) is 12.5 Å². The molecule has 1 heterocycles. The van der Waals surface area contributed by atoms with Gasteiger partial charge in [-0.05, 0) is 12.1 Å². The number of carboxylic acids is 1. The van der Waals surface area contributed by atoms with Gasteiger partial charge in [0.25, 0.3) is 11.8 Å². The summed E-state index contributed by atoms with van der Waals surface area (Å²) < 4.78 is 0. The Balaban J connectivity index is 2.20. The van der Waals surface area contributed by atoms with Crippen molar-refractivity contribution in [1.29, 1.82) is 0 Å². The lowest BCUT2D eigenvalue weighted by Gasteiger charge is -2.16. The van der Waals surface area contributed by atoms with Crippen LogP contribution in [0.3, 0.4) is 0 Å². The number of imide groups is 1. The van der Waals surface area contributed by atoms with Crippen LogP contribution in [0.2, 0.25) is 0 Å². The van der Waals surface area contributed by atoms with Gasteiger partial charge in [-0.15, -0.1) is 0 Å². The van der Waals surface area contributed by atoms with E-state index in [1.54, 1.807) is 12.1 Å². The van der Waals surface area contributed by atoms with E-state index >= 15 is 0 Å². The van der Waals surface area contributed by atoms with Crippen LogP contribution >= 0.6 is 0 Å². The summed E-state index contributed by atoms with van der Waals surface area (Å²) in [7, 11) is 0. The van der Waals surface area contributed by atoms with E-state index in [9.17, 15) is 19.2 Å².